The predicted octanol–water partition coefficient (Wildman–Crippen LogP) is 7.07. The molecule has 1 saturated carbocycles. The van der Waals surface area contributed by atoms with E-state index in [-0.39, 0.29) is 23.7 Å². The number of nitrogens with zero attached hydrogens (tertiary/aromatic N) is 2. The summed E-state index contributed by atoms with van der Waals surface area (Å²) in [7, 11) is 0. The summed E-state index contributed by atoms with van der Waals surface area (Å²) in [6.07, 6.45) is 10.8. The van der Waals surface area contributed by atoms with E-state index in [1.54, 1.807) is 12.1 Å². The van der Waals surface area contributed by atoms with E-state index in [0.717, 1.165) is 61.6 Å². The van der Waals surface area contributed by atoms with Crippen LogP contribution < -0.4 is 5.32 Å². The minimum atomic E-state index is -0.188. The highest BCUT2D eigenvalue weighted by molar-refractivity contribution is 5.94. The Kier molecular flexibility index (Phi) is 7.31. The fraction of sp³-hybridized carbons (Fsp3) is 0.467. The Balaban J connectivity index is 1.51. The average molecular weight is 474 g/mol. The van der Waals surface area contributed by atoms with Crippen molar-refractivity contribution in [1.29, 1.82) is 0 Å². The van der Waals surface area contributed by atoms with Gasteiger partial charge in [-0.3, -0.25) is 9.48 Å². The van der Waals surface area contributed by atoms with Gasteiger partial charge in [0.15, 0.2) is 5.69 Å². The zero-order chi connectivity index (χ0) is 24.2. The number of benzene rings is 2. The van der Waals surface area contributed by atoms with Gasteiger partial charge in [0, 0.05) is 17.2 Å². The number of halogens is 1. The van der Waals surface area contributed by atoms with Gasteiger partial charge in [0.05, 0.1) is 12.1 Å². The third-order valence-corrected chi connectivity index (χ3v) is 7.82. The van der Waals surface area contributed by atoms with Crippen molar-refractivity contribution < 1.29 is 9.18 Å². The van der Waals surface area contributed by atoms with Crippen LogP contribution in [0.15, 0.2) is 54.6 Å². The van der Waals surface area contributed by atoms with Crippen LogP contribution in [0.3, 0.4) is 0 Å². The number of carbonyl (C=O) groups excluding carboxylic acids is 1. The summed E-state index contributed by atoms with van der Waals surface area (Å²) in [6, 6.07) is 17.3. The summed E-state index contributed by atoms with van der Waals surface area (Å²) >= 11 is 0. The van der Waals surface area contributed by atoms with Gasteiger partial charge in [0.1, 0.15) is 5.82 Å². The molecule has 2 aliphatic carbocycles. The molecule has 1 heterocycles. The summed E-state index contributed by atoms with van der Waals surface area (Å²) in [4.78, 5) is 13.6. The molecule has 1 N–H and O–H groups in total. The molecule has 184 valence electrons. The molecule has 0 saturated heterocycles. The van der Waals surface area contributed by atoms with Gasteiger partial charge in [-0.25, -0.2) is 4.39 Å². The molecule has 5 heteroatoms. The molecule has 1 fully saturated rings. The summed E-state index contributed by atoms with van der Waals surface area (Å²) in [6.45, 7) is 2.02. The lowest BCUT2D eigenvalue weighted by Gasteiger charge is -2.27. The van der Waals surface area contributed by atoms with Crippen LogP contribution >= 0.6 is 0 Å². The highest BCUT2D eigenvalue weighted by Gasteiger charge is 2.33. The molecule has 2 aromatic carbocycles. The molecule has 2 atom stereocenters. The molecule has 35 heavy (non-hydrogen) atoms. The molecule has 0 bridgehead atoms. The van der Waals surface area contributed by atoms with Crippen molar-refractivity contribution in [2.45, 2.75) is 89.1 Å². The van der Waals surface area contributed by atoms with Gasteiger partial charge in [0.25, 0.3) is 5.91 Å². The van der Waals surface area contributed by atoms with Gasteiger partial charge in [-0.2, -0.15) is 5.10 Å². The quantitative estimate of drug-likeness (QED) is 0.389. The maximum atomic E-state index is 14.0. The topological polar surface area (TPSA) is 46.9 Å². The Bertz CT molecular complexity index is 1150. The van der Waals surface area contributed by atoms with Crippen LogP contribution in [-0.4, -0.2) is 15.7 Å². The molecule has 0 aliphatic heterocycles. The van der Waals surface area contributed by atoms with Crippen molar-refractivity contribution in [3.63, 3.8) is 0 Å². The van der Waals surface area contributed by atoms with Crippen LogP contribution in [0.2, 0.25) is 0 Å². The number of nitrogens with one attached hydrogen (secondary N) is 1. The zero-order valence-electron chi connectivity index (χ0n) is 20.7. The average Bonchev–Trinajstić information content (AvgIpc) is 3.15. The SMILES string of the molecule is C[C@@H](NC(=O)c1nn(C2CCCCC2)c2c1CCCCC2Cc1cccc(F)c1)c1ccccc1. The first-order valence-electron chi connectivity index (χ1n) is 13.3. The summed E-state index contributed by atoms with van der Waals surface area (Å²) in [5.74, 6) is -0.0255. The lowest BCUT2D eigenvalue weighted by molar-refractivity contribution is 0.0932. The van der Waals surface area contributed by atoms with Gasteiger partial charge < -0.3 is 5.32 Å². The van der Waals surface area contributed by atoms with Crippen molar-refractivity contribution in [2.24, 2.45) is 0 Å². The van der Waals surface area contributed by atoms with E-state index in [4.69, 9.17) is 5.10 Å². The molecule has 2 aliphatic rings. The van der Waals surface area contributed by atoms with E-state index in [9.17, 15) is 9.18 Å². The maximum absolute atomic E-state index is 14.0. The van der Waals surface area contributed by atoms with Gasteiger partial charge in [-0.05, 0) is 68.7 Å². The first kappa shape index (κ1) is 23.8. The van der Waals surface area contributed by atoms with E-state index in [0.29, 0.717) is 11.7 Å². The Morgan fingerprint density at radius 3 is 2.57 bits per heavy atom. The van der Waals surface area contributed by atoms with Crippen LogP contribution in [-0.2, 0) is 12.8 Å². The van der Waals surface area contributed by atoms with Crippen molar-refractivity contribution in [1.82, 2.24) is 15.1 Å². The maximum Gasteiger partial charge on any atom is 0.272 e. The van der Waals surface area contributed by atoms with Gasteiger partial charge in [0.2, 0.25) is 0 Å². The zero-order valence-corrected chi connectivity index (χ0v) is 20.7. The molecular formula is C30H36FN3O. The molecule has 4 nitrogen and oxygen atoms in total. The van der Waals surface area contributed by atoms with Crippen LogP contribution in [0, 0.1) is 5.82 Å². The lowest BCUT2D eigenvalue weighted by atomic mass is 9.89. The second kappa shape index (κ2) is 10.8. The number of fused-ring (bicyclic) bond motifs is 1. The van der Waals surface area contributed by atoms with Crippen LogP contribution in [0.4, 0.5) is 4.39 Å². The normalized spacial score (nSPS) is 19.5. The van der Waals surface area contributed by atoms with Gasteiger partial charge >= 0.3 is 0 Å². The minimum Gasteiger partial charge on any atom is -0.344 e. The van der Waals surface area contributed by atoms with E-state index in [2.05, 4.69) is 10.00 Å². The van der Waals surface area contributed by atoms with E-state index < -0.39 is 0 Å². The smallest absolute Gasteiger partial charge is 0.272 e. The number of carbonyl (C=O) groups is 1. The molecule has 1 aromatic heterocycles. The second-order valence-corrected chi connectivity index (χ2v) is 10.3. The molecule has 0 spiro atoms. The van der Waals surface area contributed by atoms with E-state index in [1.807, 2.05) is 43.3 Å². The van der Waals surface area contributed by atoms with Crippen LogP contribution in [0.1, 0.15) is 109 Å². The van der Waals surface area contributed by atoms with Crippen molar-refractivity contribution in [3.8, 4) is 0 Å². The Labute approximate surface area is 207 Å². The molecule has 3 aromatic rings. The predicted molar refractivity (Wildman–Crippen MR) is 137 cm³/mol. The van der Waals surface area contributed by atoms with Crippen molar-refractivity contribution >= 4 is 5.91 Å². The number of hydrogen-bond donors (Lipinski definition) is 1. The third-order valence-electron chi connectivity index (χ3n) is 7.82. The molecule has 0 radical (unpaired) electrons. The largest absolute Gasteiger partial charge is 0.344 e. The Morgan fingerprint density at radius 1 is 1.03 bits per heavy atom. The van der Waals surface area contributed by atoms with E-state index in [1.165, 1.54) is 31.0 Å². The number of hydrogen-bond acceptors (Lipinski definition) is 2. The fourth-order valence-electron chi connectivity index (χ4n) is 6.01. The highest BCUT2D eigenvalue weighted by atomic mass is 19.1. The first-order chi connectivity index (χ1) is 17.1. The number of amides is 1. The molecule has 5 rings (SSSR count). The number of rotatable bonds is 6. The summed E-state index contributed by atoms with van der Waals surface area (Å²) < 4.78 is 16.2. The van der Waals surface area contributed by atoms with Crippen LogP contribution in [0.5, 0.6) is 0 Å². The van der Waals surface area contributed by atoms with Crippen molar-refractivity contribution in [3.05, 3.63) is 88.5 Å². The lowest BCUT2D eigenvalue weighted by Crippen LogP contribution is -2.28. The summed E-state index contributed by atoms with van der Waals surface area (Å²) in [5.41, 5.74) is 5.05. The second-order valence-electron chi connectivity index (χ2n) is 10.3. The number of aromatic nitrogens is 2. The Hall–Kier alpha value is -2.95. The Morgan fingerprint density at radius 2 is 1.80 bits per heavy atom. The first-order valence-corrected chi connectivity index (χ1v) is 13.3. The third kappa shape index (κ3) is 5.34. The molecule has 1 amide bonds. The highest BCUT2D eigenvalue weighted by Crippen LogP contribution is 2.39. The van der Waals surface area contributed by atoms with E-state index >= 15 is 0 Å². The summed E-state index contributed by atoms with van der Waals surface area (Å²) in [5, 5.41) is 8.25. The van der Waals surface area contributed by atoms with Crippen LogP contribution in [0.25, 0.3) is 0 Å². The molecular weight excluding hydrogens is 437 g/mol. The standard InChI is InChI=1S/C30H36FN3O/c1-21(23-12-4-2-5-13-23)32-30(35)28-27-18-9-8-14-24(19-22-11-10-15-25(31)20-22)29(27)34(33-28)26-16-6-3-7-17-26/h2,4-5,10-13,15,20-21,24,26H,3,6-9,14,16-19H2,1H3,(H,32,35)/t21-,24?/m1/s1. The van der Waals surface area contributed by atoms with Crippen molar-refractivity contribution in [2.75, 3.05) is 0 Å². The monoisotopic (exact) mass is 473 g/mol. The minimum absolute atomic E-state index is 0.0847. The van der Waals surface area contributed by atoms with Gasteiger partial charge in [-0.15, -0.1) is 0 Å². The molecule has 1 unspecified atom stereocenters. The van der Waals surface area contributed by atoms with Gasteiger partial charge in [-0.1, -0.05) is 68.1 Å². The fourth-order valence-corrected chi connectivity index (χ4v) is 6.01.